The predicted octanol–water partition coefficient (Wildman–Crippen LogP) is 3.82. The van der Waals surface area contributed by atoms with Crippen molar-refractivity contribution in [3.8, 4) is 5.75 Å². The molecule has 0 fully saturated rings. The van der Waals surface area contributed by atoms with Crippen molar-refractivity contribution in [1.82, 2.24) is 15.1 Å². The zero-order valence-corrected chi connectivity index (χ0v) is 14.9. The van der Waals surface area contributed by atoms with Gasteiger partial charge in [-0.25, -0.2) is 0 Å². The maximum atomic E-state index is 12.6. The standard InChI is InChI=1S/C18H22F3N3O2/c1-12(2)26-15-7-5-14(6-8-15)17(25)22-9-4-10-24-13(3)11-16(23-24)18(19,20)21/h5-8,11-12H,4,9-10H2,1-3H3,(H,22,25). The molecule has 1 heterocycles. The van der Waals surface area contributed by atoms with Gasteiger partial charge in [-0.05, 0) is 57.5 Å². The second-order valence-electron chi connectivity index (χ2n) is 6.19. The SMILES string of the molecule is Cc1cc(C(F)(F)F)nn1CCCNC(=O)c1ccc(OC(C)C)cc1. The number of aryl methyl sites for hydroxylation is 2. The first-order valence-corrected chi connectivity index (χ1v) is 8.33. The van der Waals surface area contributed by atoms with Crippen LogP contribution in [-0.2, 0) is 12.7 Å². The molecule has 2 aromatic rings. The van der Waals surface area contributed by atoms with Gasteiger partial charge in [0, 0.05) is 24.3 Å². The lowest BCUT2D eigenvalue weighted by Gasteiger charge is -2.10. The molecule has 2 rings (SSSR count). The lowest BCUT2D eigenvalue weighted by molar-refractivity contribution is -0.141. The first kappa shape index (κ1) is 19.8. The van der Waals surface area contributed by atoms with Crippen LogP contribution in [0.4, 0.5) is 13.2 Å². The molecule has 0 aliphatic carbocycles. The highest BCUT2D eigenvalue weighted by atomic mass is 19.4. The molecule has 0 aliphatic rings. The average molecular weight is 369 g/mol. The summed E-state index contributed by atoms with van der Waals surface area (Å²) in [5.41, 5.74) is 0.0304. The highest BCUT2D eigenvalue weighted by Gasteiger charge is 2.34. The summed E-state index contributed by atoms with van der Waals surface area (Å²) in [5, 5.41) is 6.30. The molecule has 0 saturated carbocycles. The average Bonchev–Trinajstić information content (AvgIpc) is 2.93. The summed E-state index contributed by atoms with van der Waals surface area (Å²) in [6.07, 6.45) is -3.92. The smallest absolute Gasteiger partial charge is 0.435 e. The van der Waals surface area contributed by atoms with Gasteiger partial charge in [0.1, 0.15) is 5.75 Å². The van der Waals surface area contributed by atoms with Crippen LogP contribution in [0.5, 0.6) is 5.75 Å². The van der Waals surface area contributed by atoms with Gasteiger partial charge in [-0.15, -0.1) is 0 Å². The molecule has 1 N–H and O–H groups in total. The van der Waals surface area contributed by atoms with Gasteiger partial charge >= 0.3 is 6.18 Å². The summed E-state index contributed by atoms with van der Waals surface area (Å²) in [4.78, 5) is 12.1. The van der Waals surface area contributed by atoms with Crippen LogP contribution in [0.2, 0.25) is 0 Å². The number of halogens is 3. The van der Waals surface area contributed by atoms with Crippen molar-refractivity contribution in [3.05, 3.63) is 47.3 Å². The Balaban J connectivity index is 1.81. The monoisotopic (exact) mass is 369 g/mol. The van der Waals surface area contributed by atoms with E-state index < -0.39 is 11.9 Å². The van der Waals surface area contributed by atoms with Crippen LogP contribution in [0.1, 0.15) is 42.0 Å². The number of nitrogens with one attached hydrogen (secondary N) is 1. The number of carbonyl (C=O) groups excluding carboxylic acids is 1. The summed E-state index contributed by atoms with van der Waals surface area (Å²) in [6.45, 7) is 6.04. The number of hydrogen-bond donors (Lipinski definition) is 1. The molecule has 1 aromatic carbocycles. The number of rotatable bonds is 7. The van der Waals surface area contributed by atoms with E-state index in [0.29, 0.717) is 36.5 Å². The van der Waals surface area contributed by atoms with Crippen molar-refractivity contribution >= 4 is 5.91 Å². The number of carbonyl (C=O) groups is 1. The summed E-state index contributed by atoms with van der Waals surface area (Å²) >= 11 is 0. The van der Waals surface area contributed by atoms with Gasteiger partial charge in [0.15, 0.2) is 5.69 Å². The summed E-state index contributed by atoms with van der Waals surface area (Å²) in [6, 6.07) is 7.79. The molecule has 0 aliphatic heterocycles. The van der Waals surface area contributed by atoms with Crippen molar-refractivity contribution in [2.45, 2.75) is 46.0 Å². The molecule has 1 amide bonds. The maximum absolute atomic E-state index is 12.6. The Morgan fingerprint density at radius 1 is 1.27 bits per heavy atom. The van der Waals surface area contributed by atoms with Gasteiger partial charge < -0.3 is 10.1 Å². The van der Waals surface area contributed by atoms with Crippen molar-refractivity contribution in [2.75, 3.05) is 6.54 Å². The molecule has 142 valence electrons. The van der Waals surface area contributed by atoms with Crippen LogP contribution < -0.4 is 10.1 Å². The number of ether oxygens (including phenoxy) is 1. The Hall–Kier alpha value is -2.51. The number of nitrogens with zero attached hydrogens (tertiary/aromatic N) is 2. The fourth-order valence-corrected chi connectivity index (χ4v) is 2.36. The molecule has 0 radical (unpaired) electrons. The van der Waals surface area contributed by atoms with Crippen LogP contribution in [0.25, 0.3) is 0 Å². The summed E-state index contributed by atoms with van der Waals surface area (Å²) in [7, 11) is 0. The second kappa shape index (κ2) is 8.25. The largest absolute Gasteiger partial charge is 0.491 e. The van der Waals surface area contributed by atoms with E-state index in [1.807, 2.05) is 13.8 Å². The van der Waals surface area contributed by atoms with Crippen LogP contribution in [-0.4, -0.2) is 28.3 Å². The van der Waals surface area contributed by atoms with Gasteiger partial charge in [0.05, 0.1) is 6.10 Å². The number of hydrogen-bond acceptors (Lipinski definition) is 3. The first-order chi connectivity index (χ1) is 12.2. The predicted molar refractivity (Wildman–Crippen MR) is 91.1 cm³/mol. The zero-order valence-electron chi connectivity index (χ0n) is 14.9. The lowest BCUT2D eigenvalue weighted by Crippen LogP contribution is -2.25. The normalized spacial score (nSPS) is 11.7. The third kappa shape index (κ3) is 5.50. The minimum absolute atomic E-state index is 0.0540. The van der Waals surface area contributed by atoms with E-state index in [-0.39, 0.29) is 12.0 Å². The highest BCUT2D eigenvalue weighted by molar-refractivity contribution is 5.94. The molecule has 1 aromatic heterocycles. The Labute approximate surface area is 150 Å². The Morgan fingerprint density at radius 2 is 1.92 bits per heavy atom. The molecular formula is C18H22F3N3O2. The number of benzene rings is 1. The molecular weight excluding hydrogens is 347 g/mol. The molecule has 0 spiro atoms. The molecule has 26 heavy (non-hydrogen) atoms. The topological polar surface area (TPSA) is 56.2 Å². The third-order valence-corrected chi connectivity index (χ3v) is 3.59. The maximum Gasteiger partial charge on any atom is 0.435 e. The van der Waals surface area contributed by atoms with Crippen LogP contribution in [0.3, 0.4) is 0 Å². The summed E-state index contributed by atoms with van der Waals surface area (Å²) < 4.78 is 44.7. The molecule has 0 unspecified atom stereocenters. The van der Waals surface area contributed by atoms with Gasteiger partial charge in [0.25, 0.3) is 5.91 Å². The molecule has 5 nitrogen and oxygen atoms in total. The van der Waals surface area contributed by atoms with E-state index in [2.05, 4.69) is 10.4 Å². The first-order valence-electron chi connectivity index (χ1n) is 8.33. The minimum Gasteiger partial charge on any atom is -0.491 e. The van der Waals surface area contributed by atoms with E-state index in [9.17, 15) is 18.0 Å². The highest BCUT2D eigenvalue weighted by Crippen LogP contribution is 2.28. The molecule has 0 saturated heterocycles. The van der Waals surface area contributed by atoms with Crippen LogP contribution >= 0.6 is 0 Å². The van der Waals surface area contributed by atoms with Crippen molar-refractivity contribution < 1.29 is 22.7 Å². The zero-order chi connectivity index (χ0) is 19.3. The number of amides is 1. The molecule has 0 atom stereocenters. The van der Waals surface area contributed by atoms with E-state index in [1.165, 1.54) is 4.68 Å². The van der Waals surface area contributed by atoms with E-state index in [1.54, 1.807) is 31.2 Å². The van der Waals surface area contributed by atoms with Gasteiger partial charge in [-0.3, -0.25) is 9.48 Å². The fraction of sp³-hybridized carbons (Fsp3) is 0.444. The van der Waals surface area contributed by atoms with E-state index in [4.69, 9.17) is 4.74 Å². The van der Waals surface area contributed by atoms with E-state index in [0.717, 1.165) is 6.07 Å². The van der Waals surface area contributed by atoms with Gasteiger partial charge in [0.2, 0.25) is 0 Å². The van der Waals surface area contributed by atoms with Gasteiger partial charge in [-0.2, -0.15) is 18.3 Å². The Bertz CT molecular complexity index is 737. The number of aromatic nitrogens is 2. The lowest BCUT2D eigenvalue weighted by atomic mass is 10.2. The van der Waals surface area contributed by atoms with E-state index >= 15 is 0 Å². The molecule has 8 heteroatoms. The summed E-state index contributed by atoms with van der Waals surface area (Å²) in [5.74, 6) is 0.445. The second-order valence-corrected chi connectivity index (χ2v) is 6.19. The Morgan fingerprint density at radius 3 is 2.46 bits per heavy atom. The quantitative estimate of drug-likeness (QED) is 0.755. The van der Waals surface area contributed by atoms with Crippen LogP contribution in [0.15, 0.2) is 30.3 Å². The van der Waals surface area contributed by atoms with Crippen molar-refractivity contribution in [1.29, 1.82) is 0 Å². The van der Waals surface area contributed by atoms with Crippen molar-refractivity contribution in [3.63, 3.8) is 0 Å². The molecule has 0 bridgehead atoms. The number of alkyl halides is 3. The van der Waals surface area contributed by atoms with Crippen LogP contribution in [0, 0.1) is 6.92 Å². The van der Waals surface area contributed by atoms with Gasteiger partial charge in [-0.1, -0.05) is 0 Å². The fourth-order valence-electron chi connectivity index (χ4n) is 2.36. The Kier molecular flexibility index (Phi) is 6.28. The van der Waals surface area contributed by atoms with Crippen molar-refractivity contribution in [2.24, 2.45) is 0 Å². The minimum atomic E-state index is -4.45. The third-order valence-electron chi connectivity index (χ3n) is 3.59.